The maximum Gasteiger partial charge on any atom is 0.305 e. The third-order valence-electron chi connectivity index (χ3n) is 4.01. The number of nitrogens with one attached hydrogen (secondary N) is 1. The molecular weight excluding hydrogens is 190 g/mol. The lowest BCUT2D eigenvalue weighted by Gasteiger charge is -2.47. The zero-order valence-electron chi connectivity index (χ0n) is 10.3. The summed E-state index contributed by atoms with van der Waals surface area (Å²) in [5, 5.41) is 12.2. The van der Waals surface area contributed by atoms with E-state index in [4.69, 9.17) is 5.11 Å². The Hall–Kier alpha value is -0.570. The standard InChI is InChI=1S/C12H23NO2/c1-9-7-11(2,3)5-6-12(9,13-4)8-10(14)15/h9,13H,5-8H2,1-4H3,(H,14,15). The molecule has 0 aromatic carbocycles. The number of carboxylic acid groups (broad SMARTS) is 1. The monoisotopic (exact) mass is 213 g/mol. The number of carbonyl (C=O) groups is 1. The molecule has 1 aliphatic carbocycles. The Kier molecular flexibility index (Phi) is 3.44. The van der Waals surface area contributed by atoms with E-state index in [1.165, 1.54) is 0 Å². The minimum Gasteiger partial charge on any atom is -0.481 e. The van der Waals surface area contributed by atoms with E-state index < -0.39 is 5.97 Å². The SMILES string of the molecule is CNC1(CC(=O)O)CCC(C)(C)CC1C. The van der Waals surface area contributed by atoms with Crippen LogP contribution < -0.4 is 5.32 Å². The van der Waals surface area contributed by atoms with Crippen LogP contribution in [0.15, 0.2) is 0 Å². The molecule has 0 aromatic heterocycles. The molecule has 15 heavy (non-hydrogen) atoms. The van der Waals surface area contributed by atoms with Crippen molar-refractivity contribution in [2.75, 3.05) is 7.05 Å². The molecule has 0 aromatic rings. The highest BCUT2D eigenvalue weighted by Gasteiger charge is 2.43. The molecule has 0 amide bonds. The number of carboxylic acids is 1. The summed E-state index contributed by atoms with van der Waals surface area (Å²) in [7, 11) is 1.89. The van der Waals surface area contributed by atoms with Gasteiger partial charge in [0.25, 0.3) is 0 Å². The number of hydrogen-bond acceptors (Lipinski definition) is 2. The smallest absolute Gasteiger partial charge is 0.305 e. The van der Waals surface area contributed by atoms with Crippen LogP contribution in [0.4, 0.5) is 0 Å². The van der Waals surface area contributed by atoms with Crippen molar-refractivity contribution in [2.24, 2.45) is 11.3 Å². The molecule has 0 bridgehead atoms. The van der Waals surface area contributed by atoms with Crippen molar-refractivity contribution in [2.45, 2.75) is 52.0 Å². The second-order valence-electron chi connectivity index (χ2n) is 5.75. The van der Waals surface area contributed by atoms with Crippen molar-refractivity contribution >= 4 is 5.97 Å². The summed E-state index contributed by atoms with van der Waals surface area (Å²) in [6.07, 6.45) is 3.40. The number of aliphatic carboxylic acids is 1. The predicted molar refractivity (Wildman–Crippen MR) is 60.8 cm³/mol. The number of hydrogen-bond donors (Lipinski definition) is 2. The average Bonchev–Trinajstić information content (AvgIpc) is 2.09. The zero-order chi connectivity index (χ0) is 11.7. The van der Waals surface area contributed by atoms with Crippen LogP contribution in [0.3, 0.4) is 0 Å². The summed E-state index contributed by atoms with van der Waals surface area (Å²) in [5.74, 6) is -0.279. The van der Waals surface area contributed by atoms with Crippen molar-refractivity contribution in [1.29, 1.82) is 0 Å². The minimum absolute atomic E-state index is 0.193. The van der Waals surface area contributed by atoms with Gasteiger partial charge in [0.2, 0.25) is 0 Å². The van der Waals surface area contributed by atoms with Gasteiger partial charge in [-0.15, -0.1) is 0 Å². The molecule has 2 unspecified atom stereocenters. The van der Waals surface area contributed by atoms with Gasteiger partial charge >= 0.3 is 5.97 Å². The van der Waals surface area contributed by atoms with Gasteiger partial charge in [0.1, 0.15) is 0 Å². The van der Waals surface area contributed by atoms with Crippen LogP contribution >= 0.6 is 0 Å². The van der Waals surface area contributed by atoms with Gasteiger partial charge in [-0.1, -0.05) is 20.8 Å². The first-order valence-electron chi connectivity index (χ1n) is 5.72. The van der Waals surface area contributed by atoms with Crippen LogP contribution in [0.5, 0.6) is 0 Å². The molecule has 1 rings (SSSR count). The third kappa shape index (κ3) is 2.71. The summed E-state index contributed by atoms with van der Waals surface area (Å²) in [4.78, 5) is 10.9. The van der Waals surface area contributed by atoms with Gasteiger partial charge in [-0.05, 0) is 37.6 Å². The fraction of sp³-hybridized carbons (Fsp3) is 0.917. The van der Waals surface area contributed by atoms with E-state index in [2.05, 4.69) is 26.1 Å². The van der Waals surface area contributed by atoms with Gasteiger partial charge in [0.05, 0.1) is 6.42 Å². The summed E-state index contributed by atoms with van der Waals surface area (Å²) in [5.41, 5.74) is 0.166. The molecular formula is C12H23NO2. The Balaban J connectivity index is 2.79. The highest BCUT2D eigenvalue weighted by molar-refractivity contribution is 5.68. The highest BCUT2D eigenvalue weighted by atomic mass is 16.4. The molecule has 0 aliphatic heterocycles. The van der Waals surface area contributed by atoms with Gasteiger partial charge < -0.3 is 10.4 Å². The van der Waals surface area contributed by atoms with E-state index in [-0.39, 0.29) is 12.0 Å². The summed E-state index contributed by atoms with van der Waals surface area (Å²) < 4.78 is 0. The van der Waals surface area contributed by atoms with Crippen molar-refractivity contribution in [3.63, 3.8) is 0 Å². The van der Waals surface area contributed by atoms with Crippen LogP contribution in [0.25, 0.3) is 0 Å². The van der Waals surface area contributed by atoms with E-state index in [1.54, 1.807) is 0 Å². The van der Waals surface area contributed by atoms with Crippen molar-refractivity contribution in [3.05, 3.63) is 0 Å². The maximum atomic E-state index is 10.9. The Bertz CT molecular complexity index is 250. The molecule has 1 aliphatic rings. The highest BCUT2D eigenvalue weighted by Crippen LogP contribution is 2.45. The van der Waals surface area contributed by atoms with Gasteiger partial charge in [-0.3, -0.25) is 4.79 Å². The second-order valence-corrected chi connectivity index (χ2v) is 5.75. The Morgan fingerprint density at radius 3 is 2.47 bits per heavy atom. The molecule has 0 spiro atoms. The molecule has 1 saturated carbocycles. The molecule has 88 valence electrons. The van der Waals surface area contributed by atoms with Gasteiger partial charge in [-0.2, -0.15) is 0 Å². The lowest BCUT2D eigenvalue weighted by Crippen LogP contribution is -2.54. The normalized spacial score (nSPS) is 35.1. The minimum atomic E-state index is -0.698. The van der Waals surface area contributed by atoms with Crippen LogP contribution in [0, 0.1) is 11.3 Å². The molecule has 2 atom stereocenters. The number of rotatable bonds is 3. The lowest BCUT2D eigenvalue weighted by molar-refractivity contribution is -0.140. The van der Waals surface area contributed by atoms with E-state index in [0.29, 0.717) is 11.3 Å². The fourth-order valence-corrected chi connectivity index (χ4v) is 2.93. The quantitative estimate of drug-likeness (QED) is 0.756. The van der Waals surface area contributed by atoms with E-state index >= 15 is 0 Å². The van der Waals surface area contributed by atoms with E-state index in [1.807, 2.05) is 7.05 Å². The Morgan fingerprint density at radius 2 is 2.07 bits per heavy atom. The Morgan fingerprint density at radius 1 is 1.47 bits per heavy atom. The zero-order valence-corrected chi connectivity index (χ0v) is 10.3. The molecule has 0 saturated heterocycles. The van der Waals surface area contributed by atoms with Crippen LogP contribution in [-0.2, 0) is 4.79 Å². The van der Waals surface area contributed by atoms with Crippen LogP contribution in [0.2, 0.25) is 0 Å². The molecule has 0 radical (unpaired) electrons. The van der Waals surface area contributed by atoms with Gasteiger partial charge in [0.15, 0.2) is 0 Å². The summed E-state index contributed by atoms with van der Waals surface area (Å²) in [6, 6.07) is 0. The molecule has 3 heteroatoms. The summed E-state index contributed by atoms with van der Waals surface area (Å²) >= 11 is 0. The topological polar surface area (TPSA) is 49.3 Å². The van der Waals surface area contributed by atoms with Gasteiger partial charge in [-0.25, -0.2) is 0 Å². The fourth-order valence-electron chi connectivity index (χ4n) is 2.93. The van der Waals surface area contributed by atoms with Crippen LogP contribution in [0.1, 0.15) is 46.5 Å². The molecule has 1 fully saturated rings. The second kappa shape index (κ2) is 4.12. The third-order valence-corrected chi connectivity index (χ3v) is 4.01. The van der Waals surface area contributed by atoms with Crippen LogP contribution in [-0.4, -0.2) is 23.7 Å². The van der Waals surface area contributed by atoms with Crippen molar-refractivity contribution in [3.8, 4) is 0 Å². The predicted octanol–water partition coefficient (Wildman–Crippen LogP) is 2.27. The molecule has 3 nitrogen and oxygen atoms in total. The molecule has 0 heterocycles. The van der Waals surface area contributed by atoms with E-state index in [9.17, 15) is 4.79 Å². The van der Waals surface area contributed by atoms with Gasteiger partial charge in [0, 0.05) is 5.54 Å². The first kappa shape index (κ1) is 12.5. The van der Waals surface area contributed by atoms with Crippen molar-refractivity contribution < 1.29 is 9.90 Å². The Labute approximate surface area is 92.3 Å². The first-order chi connectivity index (χ1) is 6.81. The summed E-state index contributed by atoms with van der Waals surface area (Å²) in [6.45, 7) is 6.70. The first-order valence-corrected chi connectivity index (χ1v) is 5.72. The largest absolute Gasteiger partial charge is 0.481 e. The van der Waals surface area contributed by atoms with E-state index in [0.717, 1.165) is 19.3 Å². The lowest BCUT2D eigenvalue weighted by atomic mass is 9.63. The maximum absolute atomic E-state index is 10.9. The molecule has 2 N–H and O–H groups in total. The van der Waals surface area contributed by atoms with Crippen molar-refractivity contribution in [1.82, 2.24) is 5.32 Å². The average molecular weight is 213 g/mol.